The summed E-state index contributed by atoms with van der Waals surface area (Å²) in [7, 11) is 1.73. The molecule has 0 spiro atoms. The zero-order valence-corrected chi connectivity index (χ0v) is 12.6. The molecule has 0 radical (unpaired) electrons. The number of hydrogen-bond donors (Lipinski definition) is 0. The molecule has 2 aromatic heterocycles. The first-order chi connectivity index (χ1) is 10.6. The van der Waals surface area contributed by atoms with E-state index < -0.39 is 5.82 Å². The third-order valence-electron chi connectivity index (χ3n) is 3.17. The van der Waals surface area contributed by atoms with Gasteiger partial charge in [-0.1, -0.05) is 47.1 Å². The van der Waals surface area contributed by atoms with E-state index in [1.807, 2.05) is 36.4 Å². The van der Waals surface area contributed by atoms with Crippen LogP contribution in [0.3, 0.4) is 0 Å². The number of hydrogen-bond acceptors (Lipinski definition) is 4. The Morgan fingerprint density at radius 3 is 2.73 bits per heavy atom. The van der Waals surface area contributed by atoms with Crippen LogP contribution in [0.15, 0.2) is 53.2 Å². The van der Waals surface area contributed by atoms with Crippen molar-refractivity contribution < 1.29 is 8.91 Å². The van der Waals surface area contributed by atoms with E-state index in [2.05, 4.69) is 10.1 Å². The van der Waals surface area contributed by atoms with Gasteiger partial charge in [-0.15, -0.1) is 0 Å². The van der Waals surface area contributed by atoms with Crippen LogP contribution in [0.25, 0.3) is 11.3 Å². The van der Waals surface area contributed by atoms with Crippen LogP contribution in [-0.4, -0.2) is 17.2 Å². The van der Waals surface area contributed by atoms with Gasteiger partial charge in [-0.05, 0) is 6.07 Å². The molecule has 4 nitrogen and oxygen atoms in total. The zero-order valence-electron chi connectivity index (χ0n) is 11.8. The van der Waals surface area contributed by atoms with Gasteiger partial charge in [0.15, 0.2) is 17.4 Å². The molecule has 1 aromatic carbocycles. The molecule has 2 heterocycles. The van der Waals surface area contributed by atoms with E-state index in [9.17, 15) is 4.39 Å². The first-order valence-corrected chi connectivity index (χ1v) is 7.04. The second-order valence-corrected chi connectivity index (χ2v) is 5.30. The monoisotopic (exact) mass is 317 g/mol. The molecule has 3 aromatic rings. The Bertz CT molecular complexity index is 776. The molecule has 6 heteroatoms. The minimum absolute atomic E-state index is 0.210. The molecule has 0 saturated heterocycles. The van der Waals surface area contributed by atoms with Crippen molar-refractivity contribution in [1.82, 2.24) is 10.1 Å². The van der Waals surface area contributed by atoms with E-state index in [4.69, 9.17) is 16.1 Å². The lowest BCUT2D eigenvalue weighted by atomic mass is 10.1. The van der Waals surface area contributed by atoms with E-state index in [0.717, 1.165) is 11.3 Å². The van der Waals surface area contributed by atoms with Crippen LogP contribution < -0.4 is 4.90 Å². The van der Waals surface area contributed by atoms with Gasteiger partial charge in [0.2, 0.25) is 0 Å². The molecule has 3 rings (SSSR count). The molecule has 0 N–H and O–H groups in total. The van der Waals surface area contributed by atoms with Gasteiger partial charge in [0.1, 0.15) is 5.69 Å². The molecule has 0 fully saturated rings. The Hall–Kier alpha value is -2.40. The van der Waals surface area contributed by atoms with Gasteiger partial charge in [-0.25, -0.2) is 9.37 Å². The van der Waals surface area contributed by atoms with Crippen molar-refractivity contribution in [2.75, 3.05) is 11.9 Å². The zero-order chi connectivity index (χ0) is 15.5. The summed E-state index contributed by atoms with van der Waals surface area (Å²) in [5, 5.41) is 4.30. The molecule has 0 aliphatic heterocycles. The third-order valence-corrected chi connectivity index (χ3v) is 3.38. The Labute approximate surface area is 132 Å². The highest BCUT2D eigenvalue weighted by Crippen LogP contribution is 2.22. The van der Waals surface area contributed by atoms with Crippen molar-refractivity contribution in [2.24, 2.45) is 0 Å². The molecule has 22 heavy (non-hydrogen) atoms. The maximum absolute atomic E-state index is 13.8. The van der Waals surface area contributed by atoms with Crippen molar-refractivity contribution in [3.05, 3.63) is 65.3 Å². The molecule has 0 saturated carbocycles. The summed E-state index contributed by atoms with van der Waals surface area (Å²) >= 11 is 5.70. The van der Waals surface area contributed by atoms with Crippen LogP contribution in [-0.2, 0) is 6.54 Å². The summed E-state index contributed by atoms with van der Waals surface area (Å²) in [6.45, 7) is 0.353. The highest BCUT2D eigenvalue weighted by Gasteiger charge is 2.13. The maximum atomic E-state index is 13.8. The molecule has 0 aliphatic carbocycles. The topological polar surface area (TPSA) is 42.2 Å². The highest BCUT2D eigenvalue weighted by atomic mass is 35.5. The molecule has 0 atom stereocenters. The SMILES string of the molecule is CN(Cc1cc(-c2ccccc2)no1)c1ncc(Cl)cc1F. The van der Waals surface area contributed by atoms with E-state index in [1.54, 1.807) is 11.9 Å². The molecule has 0 unspecified atom stereocenters. The van der Waals surface area contributed by atoms with Crippen molar-refractivity contribution in [1.29, 1.82) is 0 Å². The summed E-state index contributed by atoms with van der Waals surface area (Å²) in [4.78, 5) is 5.64. The Balaban J connectivity index is 1.77. The summed E-state index contributed by atoms with van der Waals surface area (Å²) in [5.41, 5.74) is 1.71. The van der Waals surface area contributed by atoms with Crippen molar-refractivity contribution in [3.63, 3.8) is 0 Å². The van der Waals surface area contributed by atoms with Gasteiger partial charge in [0.05, 0.1) is 11.6 Å². The predicted molar refractivity (Wildman–Crippen MR) is 83.3 cm³/mol. The van der Waals surface area contributed by atoms with Crippen molar-refractivity contribution in [3.8, 4) is 11.3 Å². The smallest absolute Gasteiger partial charge is 0.167 e. The normalized spacial score (nSPS) is 10.7. The Morgan fingerprint density at radius 1 is 1.23 bits per heavy atom. The summed E-state index contributed by atoms with van der Waals surface area (Å²) < 4.78 is 19.1. The van der Waals surface area contributed by atoms with Crippen LogP contribution in [0.5, 0.6) is 0 Å². The minimum atomic E-state index is -0.474. The van der Waals surface area contributed by atoms with Crippen molar-refractivity contribution in [2.45, 2.75) is 6.54 Å². The quantitative estimate of drug-likeness (QED) is 0.724. The van der Waals surface area contributed by atoms with Gasteiger partial charge in [0, 0.05) is 24.9 Å². The minimum Gasteiger partial charge on any atom is -0.359 e. The van der Waals surface area contributed by atoms with E-state index >= 15 is 0 Å². The standard InChI is InChI=1S/C16H13ClFN3O/c1-21(16-14(18)7-12(17)9-19-16)10-13-8-15(20-22-13)11-5-3-2-4-6-11/h2-9H,10H2,1H3. The number of rotatable bonds is 4. The van der Waals surface area contributed by atoms with Crippen LogP contribution in [0.2, 0.25) is 5.02 Å². The lowest BCUT2D eigenvalue weighted by Gasteiger charge is -2.16. The second-order valence-electron chi connectivity index (χ2n) is 4.86. The second kappa shape index (κ2) is 6.15. The molecule has 112 valence electrons. The average Bonchev–Trinajstić information content (AvgIpc) is 2.96. The Morgan fingerprint density at radius 2 is 2.00 bits per heavy atom. The fraction of sp³-hybridized carbons (Fsp3) is 0.125. The van der Waals surface area contributed by atoms with Crippen LogP contribution in [0.1, 0.15) is 5.76 Å². The molecule has 0 aliphatic rings. The molecule has 0 amide bonds. The van der Waals surface area contributed by atoms with Gasteiger partial charge in [-0.3, -0.25) is 0 Å². The number of halogens is 2. The number of aromatic nitrogens is 2. The van der Waals surface area contributed by atoms with Gasteiger partial charge >= 0.3 is 0 Å². The average molecular weight is 318 g/mol. The first-order valence-electron chi connectivity index (χ1n) is 6.66. The number of benzene rings is 1. The number of pyridine rings is 1. The number of nitrogens with zero attached hydrogens (tertiary/aromatic N) is 3. The molecule has 0 bridgehead atoms. The van der Waals surface area contributed by atoms with Crippen LogP contribution in [0, 0.1) is 5.82 Å². The molecular formula is C16H13ClFN3O. The highest BCUT2D eigenvalue weighted by molar-refractivity contribution is 6.30. The maximum Gasteiger partial charge on any atom is 0.167 e. The van der Waals surface area contributed by atoms with Crippen LogP contribution in [0.4, 0.5) is 10.2 Å². The van der Waals surface area contributed by atoms with E-state index in [0.29, 0.717) is 12.3 Å². The molecular weight excluding hydrogens is 305 g/mol. The number of anilines is 1. The largest absolute Gasteiger partial charge is 0.359 e. The summed E-state index contributed by atoms with van der Waals surface area (Å²) in [6.07, 6.45) is 1.41. The van der Waals surface area contributed by atoms with E-state index in [1.165, 1.54) is 12.3 Å². The predicted octanol–water partition coefficient (Wildman–Crippen LogP) is 4.17. The lowest BCUT2D eigenvalue weighted by molar-refractivity contribution is 0.384. The van der Waals surface area contributed by atoms with Gasteiger partial charge < -0.3 is 9.42 Å². The van der Waals surface area contributed by atoms with Crippen LogP contribution >= 0.6 is 11.6 Å². The third kappa shape index (κ3) is 3.09. The fourth-order valence-corrected chi connectivity index (χ4v) is 2.27. The Kier molecular flexibility index (Phi) is 4.06. The van der Waals surface area contributed by atoms with E-state index in [-0.39, 0.29) is 10.8 Å². The van der Waals surface area contributed by atoms with Gasteiger partial charge in [0.25, 0.3) is 0 Å². The van der Waals surface area contributed by atoms with Gasteiger partial charge in [-0.2, -0.15) is 0 Å². The summed E-state index contributed by atoms with van der Waals surface area (Å²) in [5.74, 6) is 0.359. The first kappa shape index (κ1) is 14.5. The fourth-order valence-electron chi connectivity index (χ4n) is 2.13. The summed E-state index contributed by atoms with van der Waals surface area (Å²) in [6, 6.07) is 12.8. The lowest BCUT2D eigenvalue weighted by Crippen LogP contribution is -2.18. The van der Waals surface area contributed by atoms with Crippen molar-refractivity contribution >= 4 is 17.4 Å².